The summed E-state index contributed by atoms with van der Waals surface area (Å²) in [5.41, 5.74) is 0.149. The smallest absolute Gasteiger partial charge is 0.407 e. The summed E-state index contributed by atoms with van der Waals surface area (Å²) in [6.07, 6.45) is -0.751. The van der Waals surface area contributed by atoms with Crippen LogP contribution in [0.3, 0.4) is 0 Å². The standard InChI is InChI=1S/C10H11BrFNO4/c11-8-4-7(12)3-6(9(8)15)5-17-10(16)13-1-2-14/h3-4,14-15H,1-2,5H2,(H,13,16). The number of hydrogen-bond donors (Lipinski definition) is 3. The van der Waals surface area contributed by atoms with Crippen molar-refractivity contribution in [3.05, 3.63) is 28.0 Å². The molecule has 0 radical (unpaired) electrons. The zero-order valence-electron chi connectivity index (χ0n) is 8.74. The van der Waals surface area contributed by atoms with Crippen LogP contribution in [-0.4, -0.2) is 29.5 Å². The van der Waals surface area contributed by atoms with E-state index in [4.69, 9.17) is 9.84 Å². The average molecular weight is 308 g/mol. The third kappa shape index (κ3) is 4.20. The van der Waals surface area contributed by atoms with Gasteiger partial charge in [0.25, 0.3) is 0 Å². The molecule has 0 saturated carbocycles. The minimum Gasteiger partial charge on any atom is -0.506 e. The molecular formula is C10H11BrFNO4. The summed E-state index contributed by atoms with van der Waals surface area (Å²) in [5, 5.41) is 20.2. The SMILES string of the molecule is O=C(NCCO)OCc1cc(F)cc(Br)c1O. The van der Waals surface area contributed by atoms with Gasteiger partial charge in [0.2, 0.25) is 0 Å². The van der Waals surface area contributed by atoms with Crippen molar-refractivity contribution < 1.29 is 24.1 Å². The molecule has 0 aliphatic carbocycles. The van der Waals surface area contributed by atoms with E-state index in [0.717, 1.165) is 12.1 Å². The molecule has 0 heterocycles. The van der Waals surface area contributed by atoms with Gasteiger partial charge in [0, 0.05) is 12.1 Å². The van der Waals surface area contributed by atoms with Gasteiger partial charge in [0.05, 0.1) is 11.1 Å². The van der Waals surface area contributed by atoms with Crippen LogP contribution in [0.5, 0.6) is 5.75 Å². The highest BCUT2D eigenvalue weighted by Crippen LogP contribution is 2.29. The molecule has 1 rings (SSSR count). The summed E-state index contributed by atoms with van der Waals surface area (Å²) in [6, 6.07) is 2.17. The fourth-order valence-electron chi connectivity index (χ4n) is 1.08. The quantitative estimate of drug-likeness (QED) is 0.788. The van der Waals surface area contributed by atoms with E-state index >= 15 is 0 Å². The third-order valence-corrected chi connectivity index (χ3v) is 2.45. The van der Waals surface area contributed by atoms with E-state index < -0.39 is 11.9 Å². The van der Waals surface area contributed by atoms with Gasteiger partial charge in [-0.25, -0.2) is 9.18 Å². The monoisotopic (exact) mass is 307 g/mol. The highest BCUT2D eigenvalue weighted by Gasteiger charge is 2.10. The fraction of sp³-hybridized carbons (Fsp3) is 0.300. The molecule has 5 nitrogen and oxygen atoms in total. The van der Waals surface area contributed by atoms with Crippen LogP contribution < -0.4 is 5.32 Å². The van der Waals surface area contributed by atoms with Crippen molar-refractivity contribution in [2.24, 2.45) is 0 Å². The second kappa shape index (κ2) is 6.41. The summed E-state index contributed by atoms with van der Waals surface area (Å²) >= 11 is 2.97. The average Bonchev–Trinajstić information content (AvgIpc) is 2.29. The van der Waals surface area contributed by atoms with Crippen LogP contribution in [0, 0.1) is 5.82 Å². The number of alkyl carbamates (subject to hydrolysis) is 1. The van der Waals surface area contributed by atoms with Crippen molar-refractivity contribution in [3.8, 4) is 5.75 Å². The van der Waals surface area contributed by atoms with Crippen molar-refractivity contribution in [2.45, 2.75) is 6.61 Å². The first-order chi connectivity index (χ1) is 8.04. The third-order valence-electron chi connectivity index (χ3n) is 1.85. The molecule has 0 aliphatic rings. The minimum atomic E-state index is -0.751. The molecule has 94 valence electrons. The maximum atomic E-state index is 13.0. The lowest BCUT2D eigenvalue weighted by atomic mass is 10.2. The molecule has 0 unspecified atom stereocenters. The van der Waals surface area contributed by atoms with E-state index in [0.29, 0.717) is 0 Å². The van der Waals surface area contributed by atoms with Crippen molar-refractivity contribution in [2.75, 3.05) is 13.2 Å². The zero-order chi connectivity index (χ0) is 12.8. The molecule has 0 aliphatic heterocycles. The Bertz CT molecular complexity index is 414. The fourth-order valence-corrected chi connectivity index (χ4v) is 1.55. The largest absolute Gasteiger partial charge is 0.506 e. The number of aromatic hydroxyl groups is 1. The first kappa shape index (κ1) is 13.7. The van der Waals surface area contributed by atoms with Gasteiger partial charge in [-0.05, 0) is 28.1 Å². The molecule has 0 saturated heterocycles. The highest BCUT2D eigenvalue weighted by molar-refractivity contribution is 9.10. The van der Waals surface area contributed by atoms with Gasteiger partial charge >= 0.3 is 6.09 Å². The van der Waals surface area contributed by atoms with Crippen LogP contribution >= 0.6 is 15.9 Å². The zero-order valence-corrected chi connectivity index (χ0v) is 10.3. The number of benzene rings is 1. The lowest BCUT2D eigenvalue weighted by molar-refractivity contribution is 0.136. The van der Waals surface area contributed by atoms with E-state index in [1.165, 1.54) is 0 Å². The number of rotatable bonds is 4. The Morgan fingerprint density at radius 1 is 1.53 bits per heavy atom. The lowest BCUT2D eigenvalue weighted by Crippen LogP contribution is -2.26. The molecule has 0 atom stereocenters. The molecule has 1 amide bonds. The number of aliphatic hydroxyl groups excluding tert-OH is 1. The molecule has 0 fully saturated rings. The van der Waals surface area contributed by atoms with Crippen LogP contribution in [0.1, 0.15) is 5.56 Å². The molecule has 0 spiro atoms. The molecule has 0 bridgehead atoms. The first-order valence-corrected chi connectivity index (χ1v) is 5.52. The lowest BCUT2D eigenvalue weighted by Gasteiger charge is -2.08. The number of phenolic OH excluding ortho intramolecular Hbond substituents is 1. The summed E-state index contributed by atoms with van der Waals surface area (Å²) in [5.74, 6) is -0.731. The second-order valence-corrected chi connectivity index (χ2v) is 3.98. The number of carbonyl (C=O) groups excluding carboxylic acids is 1. The maximum absolute atomic E-state index is 13.0. The minimum absolute atomic E-state index is 0.0671. The number of halogens is 2. The van der Waals surface area contributed by atoms with E-state index in [1.807, 2.05) is 0 Å². The van der Waals surface area contributed by atoms with Crippen LogP contribution in [-0.2, 0) is 11.3 Å². The van der Waals surface area contributed by atoms with Crippen LogP contribution in [0.25, 0.3) is 0 Å². The molecule has 7 heteroatoms. The van der Waals surface area contributed by atoms with Crippen molar-refractivity contribution in [1.82, 2.24) is 5.32 Å². The van der Waals surface area contributed by atoms with Crippen molar-refractivity contribution in [3.63, 3.8) is 0 Å². The molecular weight excluding hydrogens is 297 g/mol. The summed E-state index contributed by atoms with van der Waals surface area (Å²) in [4.78, 5) is 11.0. The Labute approximate surface area is 105 Å². The molecule has 1 aromatic rings. The van der Waals surface area contributed by atoms with Crippen molar-refractivity contribution >= 4 is 22.0 Å². The Morgan fingerprint density at radius 2 is 2.24 bits per heavy atom. The summed E-state index contributed by atoms with van der Waals surface area (Å²) in [7, 11) is 0. The predicted molar refractivity (Wildman–Crippen MR) is 61.0 cm³/mol. The number of ether oxygens (including phenoxy) is 1. The van der Waals surface area contributed by atoms with Crippen LogP contribution in [0.15, 0.2) is 16.6 Å². The molecule has 17 heavy (non-hydrogen) atoms. The number of nitrogens with one attached hydrogen (secondary N) is 1. The van der Waals surface area contributed by atoms with E-state index in [-0.39, 0.29) is 35.5 Å². The predicted octanol–water partition coefficient (Wildman–Crippen LogP) is 1.51. The summed E-state index contributed by atoms with van der Waals surface area (Å²) in [6.45, 7) is -0.400. The van der Waals surface area contributed by atoms with Gasteiger partial charge in [-0.15, -0.1) is 0 Å². The number of carbonyl (C=O) groups is 1. The van der Waals surface area contributed by atoms with Gasteiger partial charge in [-0.3, -0.25) is 0 Å². The first-order valence-electron chi connectivity index (χ1n) is 4.73. The second-order valence-electron chi connectivity index (χ2n) is 3.12. The highest BCUT2D eigenvalue weighted by atomic mass is 79.9. The normalized spacial score (nSPS) is 10.1. The van der Waals surface area contributed by atoms with E-state index in [2.05, 4.69) is 21.2 Å². The topological polar surface area (TPSA) is 78.8 Å². The van der Waals surface area contributed by atoms with Gasteiger partial charge < -0.3 is 20.3 Å². The van der Waals surface area contributed by atoms with Gasteiger partial charge in [-0.1, -0.05) is 0 Å². The Balaban J connectivity index is 2.60. The van der Waals surface area contributed by atoms with E-state index in [1.54, 1.807) is 0 Å². The van der Waals surface area contributed by atoms with Gasteiger partial charge in [0.1, 0.15) is 18.2 Å². The Hall–Kier alpha value is -1.34. The number of phenols is 1. The molecule has 0 aromatic heterocycles. The maximum Gasteiger partial charge on any atom is 0.407 e. The number of amides is 1. The number of hydrogen-bond acceptors (Lipinski definition) is 4. The van der Waals surface area contributed by atoms with E-state index in [9.17, 15) is 14.3 Å². The Kier molecular flexibility index (Phi) is 5.17. The molecule has 1 aromatic carbocycles. The summed E-state index contributed by atoms with van der Waals surface area (Å²) < 4.78 is 17.9. The number of aliphatic hydroxyl groups is 1. The van der Waals surface area contributed by atoms with Crippen LogP contribution in [0.4, 0.5) is 9.18 Å². The Morgan fingerprint density at radius 3 is 2.88 bits per heavy atom. The van der Waals surface area contributed by atoms with Crippen LogP contribution in [0.2, 0.25) is 0 Å². The van der Waals surface area contributed by atoms with Gasteiger partial charge in [0.15, 0.2) is 0 Å². The molecule has 3 N–H and O–H groups in total. The van der Waals surface area contributed by atoms with Crippen molar-refractivity contribution in [1.29, 1.82) is 0 Å². The van der Waals surface area contributed by atoms with Gasteiger partial charge in [-0.2, -0.15) is 0 Å².